The zero-order valence-electron chi connectivity index (χ0n) is 15.6. The fraction of sp³-hybridized carbons (Fsp3) is 0.0909. The van der Waals surface area contributed by atoms with Crippen LogP contribution in [0.5, 0.6) is 11.5 Å². The Kier molecular flexibility index (Phi) is 6.81. The van der Waals surface area contributed by atoms with Crippen LogP contribution in [-0.2, 0) is 6.61 Å². The van der Waals surface area contributed by atoms with Crippen molar-refractivity contribution in [2.45, 2.75) is 6.61 Å². The third-order valence-electron chi connectivity index (χ3n) is 3.98. The van der Waals surface area contributed by atoms with Crippen LogP contribution in [0.25, 0.3) is 0 Å². The van der Waals surface area contributed by atoms with E-state index in [0.717, 1.165) is 5.56 Å². The van der Waals surface area contributed by atoms with Crippen molar-refractivity contribution in [3.05, 3.63) is 94.3 Å². The van der Waals surface area contributed by atoms with Crippen molar-refractivity contribution < 1.29 is 18.7 Å². The summed E-state index contributed by atoms with van der Waals surface area (Å²) in [4.78, 5) is 12.0. The molecule has 7 heteroatoms. The predicted molar refractivity (Wildman–Crippen MR) is 110 cm³/mol. The van der Waals surface area contributed by atoms with Crippen molar-refractivity contribution in [3.63, 3.8) is 0 Å². The van der Waals surface area contributed by atoms with E-state index in [1.165, 1.54) is 30.5 Å². The molecule has 0 saturated heterocycles. The number of carbonyl (C=O) groups excluding carboxylic acids is 1. The van der Waals surface area contributed by atoms with E-state index in [1.807, 2.05) is 12.1 Å². The summed E-state index contributed by atoms with van der Waals surface area (Å²) in [6.45, 7) is 0.370. The van der Waals surface area contributed by atoms with Crippen LogP contribution in [0.3, 0.4) is 0 Å². The van der Waals surface area contributed by atoms with Gasteiger partial charge in [0.25, 0.3) is 5.91 Å². The first-order chi connectivity index (χ1) is 14.0. The van der Waals surface area contributed by atoms with Gasteiger partial charge in [-0.3, -0.25) is 4.79 Å². The topological polar surface area (TPSA) is 59.9 Å². The molecule has 0 unspecified atom stereocenters. The van der Waals surface area contributed by atoms with Gasteiger partial charge in [0.15, 0.2) is 11.5 Å². The summed E-state index contributed by atoms with van der Waals surface area (Å²) in [5.41, 5.74) is 4.39. The SMILES string of the molecule is COc1cc(C=NNC(=O)c2ccc(F)cc2)ccc1OCc1ccc(Cl)cc1. The molecule has 3 aromatic rings. The van der Waals surface area contributed by atoms with Gasteiger partial charge in [0, 0.05) is 10.6 Å². The second kappa shape index (κ2) is 9.71. The molecule has 0 aliphatic heterocycles. The first-order valence-electron chi connectivity index (χ1n) is 8.69. The van der Waals surface area contributed by atoms with Gasteiger partial charge < -0.3 is 9.47 Å². The molecule has 0 saturated carbocycles. The molecule has 0 spiro atoms. The van der Waals surface area contributed by atoms with E-state index in [4.69, 9.17) is 21.1 Å². The van der Waals surface area contributed by atoms with Gasteiger partial charge in [-0.1, -0.05) is 23.7 Å². The summed E-state index contributed by atoms with van der Waals surface area (Å²) in [7, 11) is 1.54. The average molecular weight is 413 g/mol. The number of methoxy groups -OCH3 is 1. The summed E-state index contributed by atoms with van der Waals surface area (Å²) in [5.74, 6) is 0.273. The maximum absolute atomic E-state index is 12.9. The molecule has 3 rings (SSSR count). The Labute approximate surface area is 172 Å². The average Bonchev–Trinajstić information content (AvgIpc) is 2.74. The summed E-state index contributed by atoms with van der Waals surface area (Å²) in [5, 5.41) is 4.59. The van der Waals surface area contributed by atoms with Crippen molar-refractivity contribution in [2.75, 3.05) is 7.11 Å². The molecule has 0 radical (unpaired) electrons. The Bertz CT molecular complexity index is 1010. The lowest BCUT2D eigenvalue weighted by atomic mass is 10.2. The molecule has 1 N–H and O–H groups in total. The molecule has 148 valence electrons. The van der Waals surface area contributed by atoms with Gasteiger partial charge in [0.2, 0.25) is 0 Å². The zero-order valence-corrected chi connectivity index (χ0v) is 16.3. The molecule has 0 aromatic heterocycles. The summed E-state index contributed by atoms with van der Waals surface area (Å²) in [6.07, 6.45) is 1.48. The number of hydrogen-bond donors (Lipinski definition) is 1. The smallest absolute Gasteiger partial charge is 0.271 e. The number of carbonyl (C=O) groups is 1. The quantitative estimate of drug-likeness (QED) is 0.446. The third-order valence-corrected chi connectivity index (χ3v) is 4.23. The second-order valence-corrected chi connectivity index (χ2v) is 6.47. The van der Waals surface area contributed by atoms with Gasteiger partial charge in [0.05, 0.1) is 13.3 Å². The molecule has 0 aliphatic rings. The van der Waals surface area contributed by atoms with Crippen LogP contribution in [0.2, 0.25) is 5.02 Å². The zero-order chi connectivity index (χ0) is 20.6. The molecule has 3 aromatic carbocycles. The first kappa shape index (κ1) is 20.4. The largest absolute Gasteiger partial charge is 0.493 e. The minimum atomic E-state index is -0.434. The van der Waals surface area contributed by atoms with Gasteiger partial charge >= 0.3 is 0 Å². The molecule has 0 bridgehead atoms. The highest BCUT2D eigenvalue weighted by Gasteiger charge is 2.07. The van der Waals surface area contributed by atoms with Crippen molar-refractivity contribution >= 4 is 23.7 Å². The maximum Gasteiger partial charge on any atom is 0.271 e. The Morgan fingerprint density at radius 1 is 1.07 bits per heavy atom. The fourth-order valence-electron chi connectivity index (χ4n) is 2.46. The Morgan fingerprint density at radius 3 is 2.48 bits per heavy atom. The van der Waals surface area contributed by atoms with Gasteiger partial charge in [-0.15, -0.1) is 0 Å². The van der Waals surface area contributed by atoms with E-state index in [-0.39, 0.29) is 0 Å². The number of rotatable bonds is 7. The summed E-state index contributed by atoms with van der Waals surface area (Å²) < 4.78 is 24.1. The van der Waals surface area contributed by atoms with E-state index in [9.17, 15) is 9.18 Å². The Balaban J connectivity index is 1.61. The third kappa shape index (κ3) is 5.80. The molecule has 0 atom stereocenters. The van der Waals surface area contributed by atoms with E-state index in [2.05, 4.69) is 10.5 Å². The van der Waals surface area contributed by atoms with Crippen LogP contribution in [0, 0.1) is 5.82 Å². The van der Waals surface area contributed by atoms with Crippen LogP contribution in [0.4, 0.5) is 4.39 Å². The van der Waals surface area contributed by atoms with Gasteiger partial charge in [-0.05, 0) is 65.7 Å². The maximum atomic E-state index is 12.9. The van der Waals surface area contributed by atoms with Crippen molar-refractivity contribution in [1.29, 1.82) is 0 Å². The first-order valence-corrected chi connectivity index (χ1v) is 9.07. The van der Waals surface area contributed by atoms with Crippen LogP contribution >= 0.6 is 11.6 Å². The highest BCUT2D eigenvalue weighted by molar-refractivity contribution is 6.30. The highest BCUT2D eigenvalue weighted by atomic mass is 35.5. The fourth-order valence-corrected chi connectivity index (χ4v) is 2.58. The molecular weight excluding hydrogens is 395 g/mol. The Hall–Kier alpha value is -3.38. The molecule has 0 fully saturated rings. The number of halogens is 2. The standard InChI is InChI=1S/C22H18ClFN2O3/c1-28-21-12-16(13-25-26-22(27)17-5-9-19(24)10-6-17)4-11-20(21)29-14-15-2-7-18(23)8-3-15/h2-13H,14H2,1H3,(H,26,27). The van der Waals surface area contributed by atoms with E-state index in [0.29, 0.717) is 34.3 Å². The number of ether oxygens (including phenoxy) is 2. The number of hydrazone groups is 1. The van der Waals surface area contributed by atoms with Crippen LogP contribution in [0.15, 0.2) is 71.8 Å². The highest BCUT2D eigenvalue weighted by Crippen LogP contribution is 2.28. The lowest BCUT2D eigenvalue weighted by Crippen LogP contribution is -2.17. The number of nitrogens with zero attached hydrogens (tertiary/aromatic N) is 1. The molecule has 0 aliphatic carbocycles. The summed E-state index contributed by atoms with van der Waals surface area (Å²) >= 11 is 5.88. The lowest BCUT2D eigenvalue weighted by Gasteiger charge is -2.11. The van der Waals surface area contributed by atoms with Crippen LogP contribution < -0.4 is 14.9 Å². The van der Waals surface area contributed by atoms with Crippen molar-refractivity contribution in [3.8, 4) is 11.5 Å². The number of nitrogens with one attached hydrogen (secondary N) is 1. The molecular formula is C22H18ClFN2O3. The Morgan fingerprint density at radius 2 is 1.79 bits per heavy atom. The van der Waals surface area contributed by atoms with E-state index >= 15 is 0 Å². The second-order valence-electron chi connectivity index (χ2n) is 6.03. The molecule has 29 heavy (non-hydrogen) atoms. The van der Waals surface area contributed by atoms with E-state index in [1.54, 1.807) is 37.4 Å². The molecule has 5 nitrogen and oxygen atoms in total. The van der Waals surface area contributed by atoms with Crippen molar-refractivity contribution in [2.24, 2.45) is 5.10 Å². The van der Waals surface area contributed by atoms with Crippen LogP contribution in [0.1, 0.15) is 21.5 Å². The normalized spacial score (nSPS) is 10.7. The number of amides is 1. The monoisotopic (exact) mass is 412 g/mol. The van der Waals surface area contributed by atoms with Gasteiger partial charge in [-0.2, -0.15) is 5.10 Å². The minimum absolute atomic E-state index is 0.312. The predicted octanol–water partition coefficient (Wildman–Crippen LogP) is 4.83. The lowest BCUT2D eigenvalue weighted by molar-refractivity contribution is 0.0955. The molecule has 1 amide bonds. The number of benzene rings is 3. The molecule has 0 heterocycles. The van der Waals surface area contributed by atoms with Crippen LogP contribution in [-0.4, -0.2) is 19.2 Å². The van der Waals surface area contributed by atoms with Crippen molar-refractivity contribution in [1.82, 2.24) is 5.43 Å². The van der Waals surface area contributed by atoms with E-state index < -0.39 is 11.7 Å². The minimum Gasteiger partial charge on any atom is -0.493 e. The summed E-state index contributed by atoms with van der Waals surface area (Å²) in [6, 6.07) is 17.9. The van der Waals surface area contributed by atoms with Gasteiger partial charge in [0.1, 0.15) is 12.4 Å². The van der Waals surface area contributed by atoms with Gasteiger partial charge in [-0.25, -0.2) is 9.82 Å². The number of hydrogen-bond acceptors (Lipinski definition) is 4.